The van der Waals surface area contributed by atoms with Crippen molar-refractivity contribution in [3.8, 4) is 0 Å². The number of carbonyl (C=O) groups excluding carboxylic acids is 1. The zero-order chi connectivity index (χ0) is 20.3. The average Bonchev–Trinajstić information content (AvgIpc) is 2.62. The van der Waals surface area contributed by atoms with Crippen LogP contribution in [0.3, 0.4) is 0 Å². The third-order valence-electron chi connectivity index (χ3n) is 4.74. The molecule has 0 saturated carbocycles. The number of nitrogens with one attached hydrogen (secondary N) is 1. The highest BCUT2D eigenvalue weighted by atomic mass is 35.5. The van der Waals surface area contributed by atoms with E-state index in [-0.39, 0.29) is 11.4 Å². The first-order chi connectivity index (χ1) is 13.3. The molecule has 0 spiro atoms. The Hall–Kier alpha value is -2.46. The monoisotopic (exact) mass is 398 g/mol. The van der Waals surface area contributed by atoms with E-state index in [0.29, 0.717) is 28.3 Å². The van der Waals surface area contributed by atoms with Crippen molar-refractivity contribution in [2.24, 2.45) is 5.92 Å². The van der Waals surface area contributed by atoms with Crippen LogP contribution in [0.25, 0.3) is 10.9 Å². The molecule has 0 radical (unpaired) electrons. The van der Waals surface area contributed by atoms with Gasteiger partial charge in [0, 0.05) is 22.1 Å². The van der Waals surface area contributed by atoms with E-state index in [1.807, 2.05) is 31.2 Å². The van der Waals surface area contributed by atoms with Gasteiger partial charge in [0.05, 0.1) is 5.56 Å². The molecule has 3 nitrogen and oxygen atoms in total. The molecule has 0 aliphatic carbocycles. The number of aromatic nitrogens is 1. The second kappa shape index (κ2) is 8.27. The smallest absolute Gasteiger partial charge is 0.253 e. The van der Waals surface area contributed by atoms with Gasteiger partial charge in [-0.25, -0.2) is 4.39 Å². The summed E-state index contributed by atoms with van der Waals surface area (Å²) in [6.07, 6.45) is 2.83. The Bertz CT molecular complexity index is 1000. The van der Waals surface area contributed by atoms with E-state index in [0.717, 1.165) is 12.0 Å². The number of benzene rings is 2. The fraction of sp³-hybridized carbons (Fsp3) is 0.304. The molecule has 0 aliphatic heterocycles. The second-order valence-corrected chi connectivity index (χ2v) is 8.32. The van der Waals surface area contributed by atoms with Crippen LogP contribution in [0.5, 0.6) is 0 Å². The zero-order valence-electron chi connectivity index (χ0n) is 16.3. The third kappa shape index (κ3) is 4.68. The van der Waals surface area contributed by atoms with Crippen LogP contribution < -0.4 is 5.32 Å². The average molecular weight is 399 g/mol. The molecule has 2 aromatic carbocycles. The van der Waals surface area contributed by atoms with Gasteiger partial charge in [-0.05, 0) is 49.4 Å². The van der Waals surface area contributed by atoms with Crippen LogP contribution in [0, 0.1) is 11.7 Å². The number of carbonyl (C=O) groups is 1. The van der Waals surface area contributed by atoms with Crippen molar-refractivity contribution < 1.29 is 9.18 Å². The summed E-state index contributed by atoms with van der Waals surface area (Å²) in [5, 5.41) is 4.46. The number of fused-ring (bicyclic) bond motifs is 1. The highest BCUT2D eigenvalue weighted by Gasteiger charge is 2.29. The Kier molecular flexibility index (Phi) is 5.99. The van der Waals surface area contributed by atoms with E-state index < -0.39 is 11.4 Å². The Balaban J connectivity index is 1.88. The van der Waals surface area contributed by atoms with Crippen LogP contribution in [-0.4, -0.2) is 16.4 Å². The van der Waals surface area contributed by atoms with Crippen molar-refractivity contribution in [3.05, 3.63) is 76.7 Å². The predicted molar refractivity (Wildman–Crippen MR) is 112 cm³/mol. The molecule has 1 unspecified atom stereocenters. The molecule has 1 heterocycles. The molecule has 0 saturated heterocycles. The third-order valence-corrected chi connectivity index (χ3v) is 5.11. The molecule has 1 aromatic heterocycles. The number of nitrogens with zero attached hydrogens (tertiary/aromatic N) is 1. The number of amides is 1. The lowest BCUT2D eigenvalue weighted by Crippen LogP contribution is -2.48. The van der Waals surface area contributed by atoms with Gasteiger partial charge in [0.2, 0.25) is 0 Å². The summed E-state index contributed by atoms with van der Waals surface area (Å²) in [7, 11) is 0. The van der Waals surface area contributed by atoms with Gasteiger partial charge in [-0.15, -0.1) is 0 Å². The van der Waals surface area contributed by atoms with Gasteiger partial charge < -0.3 is 5.32 Å². The van der Waals surface area contributed by atoms with Crippen LogP contribution in [-0.2, 0) is 6.42 Å². The molecule has 0 aliphatic rings. The molecule has 0 fully saturated rings. The standard InChI is InChI=1S/C23H24ClFN2O/c1-15(2)12-23(3,13-17-7-4-5-9-19(17)24)27-22(28)18-11-16-8-6-10-20(25)21(16)26-14-18/h4-11,14-15H,12-13H2,1-3H3,(H,27,28). The number of hydrogen-bond donors (Lipinski definition) is 1. The van der Waals surface area contributed by atoms with E-state index >= 15 is 0 Å². The van der Waals surface area contributed by atoms with E-state index in [1.54, 1.807) is 18.2 Å². The van der Waals surface area contributed by atoms with Crippen LogP contribution in [0.1, 0.15) is 43.1 Å². The highest BCUT2D eigenvalue weighted by Crippen LogP contribution is 2.26. The topological polar surface area (TPSA) is 42.0 Å². The summed E-state index contributed by atoms with van der Waals surface area (Å²) in [5.41, 5.74) is 1.19. The first-order valence-corrected chi connectivity index (χ1v) is 9.75. The van der Waals surface area contributed by atoms with Gasteiger partial charge in [-0.2, -0.15) is 0 Å². The van der Waals surface area contributed by atoms with Gasteiger partial charge in [0.15, 0.2) is 0 Å². The van der Waals surface area contributed by atoms with Crippen molar-refractivity contribution >= 4 is 28.4 Å². The predicted octanol–water partition coefficient (Wildman–Crippen LogP) is 5.80. The van der Waals surface area contributed by atoms with Crippen molar-refractivity contribution in [2.45, 2.75) is 39.2 Å². The van der Waals surface area contributed by atoms with Crippen molar-refractivity contribution in [2.75, 3.05) is 0 Å². The fourth-order valence-corrected chi connectivity index (χ4v) is 3.93. The Morgan fingerprint density at radius 2 is 1.96 bits per heavy atom. The number of pyridine rings is 1. The SMILES string of the molecule is CC(C)CC(C)(Cc1ccccc1Cl)NC(=O)c1cnc2c(F)cccc2c1. The number of hydrogen-bond acceptors (Lipinski definition) is 2. The van der Waals surface area contributed by atoms with Crippen molar-refractivity contribution in [1.29, 1.82) is 0 Å². The van der Waals surface area contributed by atoms with Crippen LogP contribution in [0.15, 0.2) is 54.7 Å². The Morgan fingerprint density at radius 1 is 1.21 bits per heavy atom. The molecule has 28 heavy (non-hydrogen) atoms. The normalized spacial score (nSPS) is 13.5. The van der Waals surface area contributed by atoms with Crippen LogP contribution in [0.2, 0.25) is 5.02 Å². The molecule has 1 N–H and O–H groups in total. The first kappa shape index (κ1) is 20.3. The lowest BCUT2D eigenvalue weighted by molar-refractivity contribution is 0.0894. The second-order valence-electron chi connectivity index (χ2n) is 7.92. The Labute approximate surface area is 169 Å². The summed E-state index contributed by atoms with van der Waals surface area (Å²) in [4.78, 5) is 17.1. The number of para-hydroxylation sites is 1. The Morgan fingerprint density at radius 3 is 2.68 bits per heavy atom. The minimum absolute atomic E-state index is 0.228. The summed E-state index contributed by atoms with van der Waals surface area (Å²) in [6, 6.07) is 14.1. The fourth-order valence-electron chi connectivity index (χ4n) is 3.72. The minimum Gasteiger partial charge on any atom is -0.346 e. The van der Waals surface area contributed by atoms with E-state index in [9.17, 15) is 9.18 Å². The highest BCUT2D eigenvalue weighted by molar-refractivity contribution is 6.31. The molecule has 1 atom stereocenters. The van der Waals surface area contributed by atoms with Crippen molar-refractivity contribution in [1.82, 2.24) is 10.3 Å². The quantitative estimate of drug-likeness (QED) is 0.569. The van der Waals surface area contributed by atoms with Gasteiger partial charge in [0.1, 0.15) is 11.3 Å². The van der Waals surface area contributed by atoms with Gasteiger partial charge in [0.25, 0.3) is 5.91 Å². The molecule has 0 bridgehead atoms. The molecular weight excluding hydrogens is 375 g/mol. The van der Waals surface area contributed by atoms with Gasteiger partial charge in [-0.1, -0.05) is 55.8 Å². The summed E-state index contributed by atoms with van der Waals surface area (Å²) < 4.78 is 13.8. The van der Waals surface area contributed by atoms with Crippen molar-refractivity contribution in [3.63, 3.8) is 0 Å². The summed E-state index contributed by atoms with van der Waals surface area (Å²) in [5.74, 6) is -0.238. The number of halogens is 2. The molecule has 3 aromatic rings. The van der Waals surface area contributed by atoms with Gasteiger partial charge >= 0.3 is 0 Å². The maximum absolute atomic E-state index is 13.8. The van der Waals surface area contributed by atoms with E-state index in [1.165, 1.54) is 12.3 Å². The molecule has 5 heteroatoms. The minimum atomic E-state index is -0.479. The molecule has 1 amide bonds. The maximum atomic E-state index is 13.8. The van der Waals surface area contributed by atoms with Crippen LogP contribution in [0.4, 0.5) is 4.39 Å². The first-order valence-electron chi connectivity index (χ1n) is 9.37. The lowest BCUT2D eigenvalue weighted by Gasteiger charge is -2.33. The molecule has 146 valence electrons. The largest absolute Gasteiger partial charge is 0.346 e. The molecule has 3 rings (SSSR count). The zero-order valence-corrected chi connectivity index (χ0v) is 17.1. The maximum Gasteiger partial charge on any atom is 0.253 e. The van der Waals surface area contributed by atoms with E-state index in [4.69, 9.17) is 11.6 Å². The summed E-state index contributed by atoms with van der Waals surface area (Å²) >= 11 is 6.34. The molecular formula is C23H24ClFN2O. The van der Waals surface area contributed by atoms with Gasteiger partial charge in [-0.3, -0.25) is 9.78 Å². The van der Waals surface area contributed by atoms with Crippen LogP contribution >= 0.6 is 11.6 Å². The summed E-state index contributed by atoms with van der Waals surface area (Å²) in [6.45, 7) is 6.27. The number of rotatable bonds is 6. The van der Waals surface area contributed by atoms with E-state index in [2.05, 4.69) is 24.1 Å². The lowest BCUT2D eigenvalue weighted by atomic mass is 9.84.